The molecular formula is C8H12O3. The number of allylic oxidation sites excluding steroid dienone is 1. The average Bonchev–Trinajstić information content (AvgIpc) is 2.37. The summed E-state index contributed by atoms with van der Waals surface area (Å²) in [6.45, 7) is 1.96. The quantitative estimate of drug-likeness (QED) is 0.429. The van der Waals surface area contributed by atoms with Crippen LogP contribution in [0.1, 0.15) is 19.8 Å². The summed E-state index contributed by atoms with van der Waals surface area (Å²) in [5.74, 6) is 0. The Morgan fingerprint density at radius 1 is 1.73 bits per heavy atom. The molecule has 0 heterocycles. The van der Waals surface area contributed by atoms with Gasteiger partial charge in [-0.15, -0.1) is 0 Å². The van der Waals surface area contributed by atoms with Gasteiger partial charge in [0.15, 0.2) is 0 Å². The van der Waals surface area contributed by atoms with Crippen LogP contribution < -0.4 is 0 Å². The summed E-state index contributed by atoms with van der Waals surface area (Å²) in [7, 11) is 1.32. The van der Waals surface area contributed by atoms with E-state index in [4.69, 9.17) is 4.74 Å². The van der Waals surface area contributed by atoms with Crippen molar-refractivity contribution in [3.63, 3.8) is 0 Å². The number of ether oxygens (including phenoxy) is 2. The Morgan fingerprint density at radius 2 is 2.45 bits per heavy atom. The zero-order valence-corrected chi connectivity index (χ0v) is 6.79. The molecule has 0 aromatic carbocycles. The van der Waals surface area contributed by atoms with Crippen molar-refractivity contribution < 1.29 is 14.3 Å². The predicted molar refractivity (Wildman–Crippen MR) is 40.3 cm³/mol. The summed E-state index contributed by atoms with van der Waals surface area (Å²) in [5, 5.41) is 0. The molecule has 3 heteroatoms. The highest BCUT2D eigenvalue weighted by molar-refractivity contribution is 5.60. The fourth-order valence-electron chi connectivity index (χ4n) is 1.14. The summed E-state index contributed by atoms with van der Waals surface area (Å²) in [6.07, 6.45) is 3.31. The second-order valence-electron chi connectivity index (χ2n) is 2.59. The molecule has 11 heavy (non-hydrogen) atoms. The Bertz CT molecular complexity index is 184. The first kappa shape index (κ1) is 8.11. The standard InChI is InChI=1S/C8H12O3/c1-6-4-3-5-7(6)11-8(9)10-2/h4,7H,3,5H2,1-2H3. The molecule has 0 spiro atoms. The van der Waals surface area contributed by atoms with Gasteiger partial charge in [0.1, 0.15) is 6.10 Å². The fraction of sp³-hybridized carbons (Fsp3) is 0.625. The van der Waals surface area contributed by atoms with Crippen LogP contribution in [0.2, 0.25) is 0 Å². The molecule has 0 radical (unpaired) electrons. The van der Waals surface area contributed by atoms with E-state index >= 15 is 0 Å². The van der Waals surface area contributed by atoms with Gasteiger partial charge in [0, 0.05) is 0 Å². The highest BCUT2D eigenvalue weighted by Gasteiger charge is 2.19. The van der Waals surface area contributed by atoms with Crippen LogP contribution in [0.4, 0.5) is 4.79 Å². The molecular weight excluding hydrogens is 144 g/mol. The molecule has 0 fully saturated rings. The van der Waals surface area contributed by atoms with Gasteiger partial charge in [-0.3, -0.25) is 0 Å². The Kier molecular flexibility index (Phi) is 2.52. The average molecular weight is 156 g/mol. The Balaban J connectivity index is 2.38. The largest absolute Gasteiger partial charge is 0.508 e. The Hall–Kier alpha value is -0.990. The number of methoxy groups -OCH3 is 1. The van der Waals surface area contributed by atoms with E-state index in [0.717, 1.165) is 18.4 Å². The minimum absolute atomic E-state index is 0.0533. The number of carbonyl (C=O) groups is 1. The molecule has 1 rings (SSSR count). The van der Waals surface area contributed by atoms with Crippen LogP contribution in [0.5, 0.6) is 0 Å². The predicted octanol–water partition coefficient (Wildman–Crippen LogP) is 1.88. The van der Waals surface area contributed by atoms with Crippen molar-refractivity contribution in [1.29, 1.82) is 0 Å². The molecule has 1 unspecified atom stereocenters. The van der Waals surface area contributed by atoms with Crippen LogP contribution in [-0.2, 0) is 9.47 Å². The Morgan fingerprint density at radius 3 is 2.91 bits per heavy atom. The SMILES string of the molecule is COC(=O)OC1CCC=C1C. The fourth-order valence-corrected chi connectivity index (χ4v) is 1.14. The third-order valence-electron chi connectivity index (χ3n) is 1.81. The van der Waals surface area contributed by atoms with Crippen molar-refractivity contribution in [1.82, 2.24) is 0 Å². The molecule has 1 aliphatic carbocycles. The van der Waals surface area contributed by atoms with Gasteiger partial charge in [-0.25, -0.2) is 4.79 Å². The molecule has 1 aliphatic rings. The van der Waals surface area contributed by atoms with E-state index < -0.39 is 6.16 Å². The lowest BCUT2D eigenvalue weighted by Gasteiger charge is -2.11. The van der Waals surface area contributed by atoms with Gasteiger partial charge in [-0.1, -0.05) is 6.08 Å². The zero-order valence-electron chi connectivity index (χ0n) is 6.79. The van der Waals surface area contributed by atoms with Crippen molar-refractivity contribution in [3.05, 3.63) is 11.6 Å². The highest BCUT2D eigenvalue weighted by Crippen LogP contribution is 2.21. The van der Waals surface area contributed by atoms with Crippen molar-refractivity contribution in [3.8, 4) is 0 Å². The van der Waals surface area contributed by atoms with Crippen molar-refractivity contribution >= 4 is 6.16 Å². The van der Waals surface area contributed by atoms with Gasteiger partial charge < -0.3 is 9.47 Å². The number of rotatable bonds is 1. The number of hydrogen-bond donors (Lipinski definition) is 0. The van der Waals surface area contributed by atoms with E-state index in [1.54, 1.807) is 0 Å². The summed E-state index contributed by atoms with van der Waals surface area (Å²) in [6, 6.07) is 0. The van der Waals surface area contributed by atoms with Crippen LogP contribution >= 0.6 is 0 Å². The monoisotopic (exact) mass is 156 g/mol. The first-order valence-corrected chi connectivity index (χ1v) is 3.65. The van der Waals surface area contributed by atoms with Crippen LogP contribution in [0.15, 0.2) is 11.6 Å². The lowest BCUT2D eigenvalue weighted by atomic mass is 10.2. The van der Waals surface area contributed by atoms with E-state index in [1.807, 2.05) is 6.92 Å². The van der Waals surface area contributed by atoms with Crippen molar-refractivity contribution in [2.24, 2.45) is 0 Å². The van der Waals surface area contributed by atoms with E-state index in [2.05, 4.69) is 10.8 Å². The normalized spacial score (nSPS) is 22.7. The summed E-state index contributed by atoms with van der Waals surface area (Å²) < 4.78 is 9.32. The summed E-state index contributed by atoms with van der Waals surface area (Å²) in [5.41, 5.74) is 1.12. The van der Waals surface area contributed by atoms with E-state index in [1.165, 1.54) is 7.11 Å². The molecule has 0 aromatic rings. The van der Waals surface area contributed by atoms with Crippen LogP contribution in [0.25, 0.3) is 0 Å². The maximum absolute atomic E-state index is 10.6. The van der Waals surface area contributed by atoms with Gasteiger partial charge >= 0.3 is 6.16 Å². The van der Waals surface area contributed by atoms with Crippen molar-refractivity contribution in [2.75, 3.05) is 7.11 Å². The van der Waals surface area contributed by atoms with Crippen molar-refractivity contribution in [2.45, 2.75) is 25.9 Å². The molecule has 0 saturated heterocycles. The second-order valence-corrected chi connectivity index (χ2v) is 2.59. The van der Waals surface area contributed by atoms with Gasteiger partial charge in [0.2, 0.25) is 0 Å². The highest BCUT2D eigenvalue weighted by atomic mass is 16.7. The second kappa shape index (κ2) is 3.42. The lowest BCUT2D eigenvalue weighted by molar-refractivity contribution is 0.0493. The van der Waals surface area contributed by atoms with E-state index in [9.17, 15) is 4.79 Å². The van der Waals surface area contributed by atoms with Crippen LogP contribution in [-0.4, -0.2) is 19.4 Å². The van der Waals surface area contributed by atoms with Crippen LogP contribution in [0.3, 0.4) is 0 Å². The lowest BCUT2D eigenvalue weighted by Crippen LogP contribution is -2.16. The molecule has 62 valence electrons. The van der Waals surface area contributed by atoms with Gasteiger partial charge in [0.25, 0.3) is 0 Å². The van der Waals surface area contributed by atoms with E-state index in [0.29, 0.717) is 0 Å². The molecule has 0 amide bonds. The molecule has 0 bridgehead atoms. The topological polar surface area (TPSA) is 35.5 Å². The smallest absolute Gasteiger partial charge is 0.438 e. The maximum Gasteiger partial charge on any atom is 0.508 e. The molecule has 0 N–H and O–H groups in total. The molecule has 1 atom stereocenters. The minimum Gasteiger partial charge on any atom is -0.438 e. The zero-order chi connectivity index (χ0) is 8.27. The molecule has 0 aromatic heterocycles. The molecule has 3 nitrogen and oxygen atoms in total. The van der Waals surface area contributed by atoms with Gasteiger partial charge in [-0.05, 0) is 25.3 Å². The first-order chi connectivity index (χ1) is 5.24. The first-order valence-electron chi connectivity index (χ1n) is 3.65. The Labute approximate surface area is 66.0 Å². The minimum atomic E-state index is -0.593. The summed E-state index contributed by atoms with van der Waals surface area (Å²) >= 11 is 0. The third kappa shape index (κ3) is 1.97. The van der Waals surface area contributed by atoms with Crippen LogP contribution in [0, 0.1) is 0 Å². The third-order valence-corrected chi connectivity index (χ3v) is 1.81. The van der Waals surface area contributed by atoms with E-state index in [-0.39, 0.29) is 6.10 Å². The number of carbonyl (C=O) groups excluding carboxylic acids is 1. The van der Waals surface area contributed by atoms with Gasteiger partial charge in [-0.2, -0.15) is 0 Å². The molecule has 0 saturated carbocycles. The summed E-state index contributed by atoms with van der Waals surface area (Å²) in [4.78, 5) is 10.6. The number of hydrogen-bond acceptors (Lipinski definition) is 3. The van der Waals surface area contributed by atoms with Gasteiger partial charge in [0.05, 0.1) is 7.11 Å². The molecule has 0 aliphatic heterocycles. The maximum atomic E-state index is 10.6.